The summed E-state index contributed by atoms with van der Waals surface area (Å²) in [7, 11) is 1.67. The van der Waals surface area contributed by atoms with Crippen LogP contribution in [0.2, 0.25) is 0 Å². The second kappa shape index (κ2) is 8.17. The zero-order valence-corrected chi connectivity index (χ0v) is 12.3. The Kier molecular flexibility index (Phi) is 5.91. The quantitative estimate of drug-likeness (QED) is 0.767. The van der Waals surface area contributed by atoms with E-state index in [0.717, 1.165) is 13.0 Å². The number of nitrogens with one attached hydrogen (secondary N) is 2. The molecule has 4 heteroatoms. The fourth-order valence-corrected chi connectivity index (χ4v) is 2.25. The van der Waals surface area contributed by atoms with Gasteiger partial charge in [0.1, 0.15) is 0 Å². The lowest BCUT2D eigenvalue weighted by Gasteiger charge is -2.19. The monoisotopic (exact) mass is 283 g/mol. The van der Waals surface area contributed by atoms with E-state index in [-0.39, 0.29) is 11.9 Å². The summed E-state index contributed by atoms with van der Waals surface area (Å²) in [6.45, 7) is 0.787. The van der Waals surface area contributed by atoms with Gasteiger partial charge in [0.05, 0.1) is 6.04 Å². The Balaban J connectivity index is 2.02. The molecular formula is C17H21N3O. The number of carbonyl (C=O) groups is 1. The first kappa shape index (κ1) is 15.2. The highest BCUT2D eigenvalue weighted by Crippen LogP contribution is 2.21. The largest absolute Gasteiger partial charge is 0.359 e. The van der Waals surface area contributed by atoms with Crippen molar-refractivity contribution in [2.45, 2.75) is 18.9 Å². The molecule has 0 aliphatic heterocycles. The SMILES string of the molecule is CNC(=O)CCCNC(c1ccccc1)c1ccncc1. The molecule has 0 aliphatic rings. The van der Waals surface area contributed by atoms with Gasteiger partial charge >= 0.3 is 0 Å². The average molecular weight is 283 g/mol. The maximum atomic E-state index is 11.2. The number of benzene rings is 1. The Bertz CT molecular complexity index is 503. The van der Waals surface area contributed by atoms with Crippen molar-refractivity contribution in [3.05, 3.63) is 66.0 Å². The maximum Gasteiger partial charge on any atom is 0.219 e. The lowest BCUT2D eigenvalue weighted by molar-refractivity contribution is -0.120. The van der Waals surface area contributed by atoms with Gasteiger partial charge in [0.2, 0.25) is 5.91 Å². The Labute approximate surface area is 125 Å². The van der Waals surface area contributed by atoms with Crippen molar-refractivity contribution in [1.82, 2.24) is 15.6 Å². The molecule has 0 fully saturated rings. The number of rotatable bonds is 7. The van der Waals surface area contributed by atoms with E-state index in [0.29, 0.717) is 6.42 Å². The number of nitrogens with zero attached hydrogens (tertiary/aromatic N) is 1. The smallest absolute Gasteiger partial charge is 0.219 e. The Hall–Kier alpha value is -2.20. The molecule has 21 heavy (non-hydrogen) atoms. The molecule has 2 N–H and O–H groups in total. The van der Waals surface area contributed by atoms with Gasteiger partial charge in [-0.15, -0.1) is 0 Å². The van der Waals surface area contributed by atoms with Gasteiger partial charge in [-0.05, 0) is 36.2 Å². The van der Waals surface area contributed by atoms with Crippen molar-refractivity contribution >= 4 is 5.91 Å². The van der Waals surface area contributed by atoms with Gasteiger partial charge in [0.25, 0.3) is 0 Å². The van der Waals surface area contributed by atoms with Crippen LogP contribution in [0.25, 0.3) is 0 Å². The van der Waals surface area contributed by atoms with Gasteiger partial charge in [0, 0.05) is 25.9 Å². The second-order valence-corrected chi connectivity index (χ2v) is 4.86. The summed E-state index contributed by atoms with van der Waals surface area (Å²) >= 11 is 0. The van der Waals surface area contributed by atoms with Crippen LogP contribution < -0.4 is 10.6 Å². The van der Waals surface area contributed by atoms with Crippen molar-refractivity contribution < 1.29 is 4.79 Å². The summed E-state index contributed by atoms with van der Waals surface area (Å²) in [5.74, 6) is 0.0805. The van der Waals surface area contributed by atoms with Gasteiger partial charge in [-0.3, -0.25) is 9.78 Å². The molecule has 2 rings (SSSR count). The van der Waals surface area contributed by atoms with Crippen LogP contribution in [0.3, 0.4) is 0 Å². The highest BCUT2D eigenvalue weighted by atomic mass is 16.1. The molecule has 4 nitrogen and oxygen atoms in total. The van der Waals surface area contributed by atoms with Crippen molar-refractivity contribution in [3.8, 4) is 0 Å². The lowest BCUT2D eigenvalue weighted by atomic mass is 9.99. The van der Waals surface area contributed by atoms with E-state index in [1.807, 2.05) is 30.3 Å². The second-order valence-electron chi connectivity index (χ2n) is 4.86. The maximum absolute atomic E-state index is 11.2. The van der Waals surface area contributed by atoms with E-state index in [1.54, 1.807) is 19.4 Å². The minimum atomic E-state index is 0.0805. The van der Waals surface area contributed by atoms with E-state index in [9.17, 15) is 4.79 Å². The van der Waals surface area contributed by atoms with E-state index < -0.39 is 0 Å². The number of pyridine rings is 1. The van der Waals surface area contributed by atoms with Crippen LogP contribution >= 0.6 is 0 Å². The van der Waals surface area contributed by atoms with E-state index in [1.165, 1.54) is 11.1 Å². The van der Waals surface area contributed by atoms with Gasteiger partial charge in [-0.1, -0.05) is 30.3 Å². The number of amides is 1. The molecule has 1 aromatic carbocycles. The minimum absolute atomic E-state index is 0.0805. The van der Waals surface area contributed by atoms with Gasteiger partial charge in [-0.25, -0.2) is 0 Å². The molecule has 0 saturated heterocycles. The number of hydrogen-bond acceptors (Lipinski definition) is 3. The summed E-state index contributed by atoms with van der Waals surface area (Å²) in [5, 5.41) is 6.17. The Morgan fingerprint density at radius 3 is 2.43 bits per heavy atom. The Morgan fingerprint density at radius 1 is 1.10 bits per heavy atom. The summed E-state index contributed by atoms with van der Waals surface area (Å²) in [6, 6.07) is 14.5. The van der Waals surface area contributed by atoms with Gasteiger partial charge in [-0.2, -0.15) is 0 Å². The predicted octanol–water partition coefficient (Wildman–Crippen LogP) is 2.29. The first-order valence-electron chi connectivity index (χ1n) is 7.20. The zero-order chi connectivity index (χ0) is 14.9. The zero-order valence-electron chi connectivity index (χ0n) is 12.3. The summed E-state index contributed by atoms with van der Waals surface area (Å²) in [6.07, 6.45) is 4.96. The molecule has 1 amide bonds. The first-order chi connectivity index (χ1) is 10.3. The average Bonchev–Trinajstić information content (AvgIpc) is 2.56. The summed E-state index contributed by atoms with van der Waals surface area (Å²) in [4.78, 5) is 15.3. The molecule has 0 radical (unpaired) electrons. The van der Waals surface area contributed by atoms with Crippen LogP contribution in [0.1, 0.15) is 30.0 Å². The van der Waals surface area contributed by atoms with E-state index in [4.69, 9.17) is 0 Å². The van der Waals surface area contributed by atoms with Crippen molar-refractivity contribution in [2.75, 3.05) is 13.6 Å². The normalized spacial score (nSPS) is 11.9. The highest BCUT2D eigenvalue weighted by Gasteiger charge is 2.12. The minimum Gasteiger partial charge on any atom is -0.359 e. The lowest BCUT2D eigenvalue weighted by Crippen LogP contribution is -2.25. The number of aromatic nitrogens is 1. The predicted molar refractivity (Wildman–Crippen MR) is 83.8 cm³/mol. The molecule has 110 valence electrons. The van der Waals surface area contributed by atoms with Crippen molar-refractivity contribution in [2.24, 2.45) is 0 Å². The topological polar surface area (TPSA) is 54.0 Å². The van der Waals surface area contributed by atoms with Crippen LogP contribution in [0.4, 0.5) is 0 Å². The van der Waals surface area contributed by atoms with Crippen LogP contribution in [-0.4, -0.2) is 24.5 Å². The summed E-state index contributed by atoms with van der Waals surface area (Å²) in [5.41, 5.74) is 2.39. The molecular weight excluding hydrogens is 262 g/mol. The van der Waals surface area contributed by atoms with Gasteiger partial charge in [0.15, 0.2) is 0 Å². The molecule has 2 aromatic rings. The molecule has 0 spiro atoms. The third-order valence-electron chi connectivity index (χ3n) is 3.38. The Morgan fingerprint density at radius 2 is 1.76 bits per heavy atom. The molecule has 0 aliphatic carbocycles. The first-order valence-corrected chi connectivity index (χ1v) is 7.20. The van der Waals surface area contributed by atoms with Crippen LogP contribution in [-0.2, 0) is 4.79 Å². The molecule has 1 aromatic heterocycles. The standard InChI is InChI=1S/C17H21N3O/c1-18-16(21)8-5-11-20-17(14-6-3-2-4-7-14)15-9-12-19-13-10-15/h2-4,6-7,9-10,12-13,17,20H,5,8,11H2,1H3,(H,18,21). The van der Waals surface area contributed by atoms with Crippen molar-refractivity contribution in [3.63, 3.8) is 0 Å². The fraction of sp³-hybridized carbons (Fsp3) is 0.294. The molecule has 0 saturated carbocycles. The molecule has 0 bridgehead atoms. The van der Waals surface area contributed by atoms with Crippen LogP contribution in [0.15, 0.2) is 54.9 Å². The fourth-order valence-electron chi connectivity index (χ4n) is 2.25. The van der Waals surface area contributed by atoms with Crippen LogP contribution in [0.5, 0.6) is 0 Å². The summed E-state index contributed by atoms with van der Waals surface area (Å²) < 4.78 is 0. The highest BCUT2D eigenvalue weighted by molar-refractivity contribution is 5.75. The number of carbonyl (C=O) groups excluding carboxylic acids is 1. The third kappa shape index (κ3) is 4.68. The molecule has 1 unspecified atom stereocenters. The number of hydrogen-bond donors (Lipinski definition) is 2. The van der Waals surface area contributed by atoms with Crippen LogP contribution in [0, 0.1) is 0 Å². The van der Waals surface area contributed by atoms with Gasteiger partial charge < -0.3 is 10.6 Å². The molecule has 1 atom stereocenters. The van der Waals surface area contributed by atoms with E-state index in [2.05, 4.69) is 27.8 Å². The van der Waals surface area contributed by atoms with Crippen molar-refractivity contribution in [1.29, 1.82) is 0 Å². The van der Waals surface area contributed by atoms with E-state index >= 15 is 0 Å². The molecule has 1 heterocycles. The third-order valence-corrected chi connectivity index (χ3v) is 3.38.